The molecule has 0 unspecified atom stereocenters. The van der Waals surface area contributed by atoms with E-state index in [9.17, 15) is 4.79 Å². The predicted octanol–water partition coefficient (Wildman–Crippen LogP) is 4.43. The van der Waals surface area contributed by atoms with Crippen molar-refractivity contribution in [1.29, 1.82) is 0 Å². The minimum atomic E-state index is -0.0835. The van der Waals surface area contributed by atoms with Gasteiger partial charge in [-0.05, 0) is 41.5 Å². The smallest absolute Gasteiger partial charge is 0.270 e. The number of nitrogens with one attached hydrogen (secondary N) is 1. The van der Waals surface area contributed by atoms with E-state index in [1.54, 1.807) is 0 Å². The fraction of sp³-hybridized carbons (Fsp3) is 0.364. The Morgan fingerprint density at radius 3 is 2.42 bits per heavy atom. The average molecular weight is 349 g/mol. The molecule has 0 fully saturated rings. The van der Waals surface area contributed by atoms with E-state index in [1.807, 2.05) is 36.6 Å². The van der Waals surface area contributed by atoms with Crippen molar-refractivity contribution in [3.05, 3.63) is 70.7 Å². The number of hydrogen-bond donors (Lipinski definition) is 1. The Hall–Kier alpha value is -2.62. The molecule has 0 radical (unpaired) electrons. The Labute approximate surface area is 155 Å². The lowest BCUT2D eigenvalue weighted by Gasteiger charge is -2.19. The van der Waals surface area contributed by atoms with Crippen LogP contribution in [0.15, 0.2) is 42.6 Å². The first-order chi connectivity index (χ1) is 12.3. The van der Waals surface area contributed by atoms with E-state index in [4.69, 9.17) is 0 Å². The normalized spacial score (nSPS) is 11.7. The maximum absolute atomic E-state index is 12.8. The molecule has 2 aromatic heterocycles. The van der Waals surface area contributed by atoms with E-state index in [2.05, 4.69) is 55.3 Å². The summed E-state index contributed by atoms with van der Waals surface area (Å²) in [6, 6.07) is 12.4. The van der Waals surface area contributed by atoms with Crippen molar-refractivity contribution in [2.75, 3.05) is 0 Å². The summed E-state index contributed by atoms with van der Waals surface area (Å²) in [6.07, 6.45) is 2.69. The summed E-state index contributed by atoms with van der Waals surface area (Å²) in [5.74, 6) is -0.0835. The molecule has 3 rings (SSSR count). The fourth-order valence-electron chi connectivity index (χ4n) is 3.08. The number of nitrogens with zero attached hydrogens (tertiary/aromatic N) is 2. The molecule has 3 aromatic rings. The number of fused-ring (bicyclic) bond motifs is 1. The van der Waals surface area contributed by atoms with Gasteiger partial charge in [0, 0.05) is 12.7 Å². The molecule has 0 aliphatic heterocycles. The molecule has 0 aliphatic carbocycles. The minimum Gasteiger partial charge on any atom is -0.347 e. The summed E-state index contributed by atoms with van der Waals surface area (Å²) in [7, 11) is 0. The van der Waals surface area contributed by atoms with Crippen LogP contribution in [0.1, 0.15) is 60.6 Å². The van der Waals surface area contributed by atoms with E-state index in [0.717, 1.165) is 28.9 Å². The zero-order valence-electron chi connectivity index (χ0n) is 16.3. The van der Waals surface area contributed by atoms with Gasteiger partial charge < -0.3 is 5.32 Å². The standard InChI is InChI=1S/C22H27N3O/c1-6-18-20(25-14-15(2)7-12-19(25)24-18)21(26)23-13-16-8-10-17(11-9-16)22(3,4)5/h7-12,14H,6,13H2,1-5H3,(H,23,26). The van der Waals surface area contributed by atoms with Crippen LogP contribution in [-0.2, 0) is 18.4 Å². The predicted molar refractivity (Wildman–Crippen MR) is 106 cm³/mol. The molecular formula is C22H27N3O. The van der Waals surface area contributed by atoms with Crippen molar-refractivity contribution < 1.29 is 4.79 Å². The Morgan fingerprint density at radius 1 is 1.12 bits per heavy atom. The molecule has 0 saturated heterocycles. The van der Waals surface area contributed by atoms with Crippen molar-refractivity contribution in [2.45, 2.75) is 53.0 Å². The van der Waals surface area contributed by atoms with E-state index in [-0.39, 0.29) is 11.3 Å². The van der Waals surface area contributed by atoms with Crippen LogP contribution in [0.2, 0.25) is 0 Å². The molecule has 1 aromatic carbocycles. The van der Waals surface area contributed by atoms with Crippen LogP contribution in [0.25, 0.3) is 5.65 Å². The van der Waals surface area contributed by atoms with E-state index >= 15 is 0 Å². The monoisotopic (exact) mass is 349 g/mol. The highest BCUT2D eigenvalue weighted by Crippen LogP contribution is 2.22. The lowest BCUT2D eigenvalue weighted by Crippen LogP contribution is -2.25. The summed E-state index contributed by atoms with van der Waals surface area (Å²) in [4.78, 5) is 17.4. The van der Waals surface area contributed by atoms with Crippen molar-refractivity contribution in [3.8, 4) is 0 Å². The highest BCUT2D eigenvalue weighted by Gasteiger charge is 2.18. The van der Waals surface area contributed by atoms with Crippen LogP contribution in [0, 0.1) is 6.92 Å². The number of carbonyl (C=O) groups excluding carboxylic acids is 1. The number of rotatable bonds is 4. The number of aryl methyl sites for hydroxylation is 2. The first kappa shape index (κ1) is 18.2. The Balaban J connectivity index is 1.80. The van der Waals surface area contributed by atoms with Gasteiger partial charge in [-0.1, -0.05) is 58.0 Å². The van der Waals surface area contributed by atoms with Gasteiger partial charge in [-0.2, -0.15) is 0 Å². The average Bonchev–Trinajstić information content (AvgIpc) is 2.97. The maximum Gasteiger partial charge on any atom is 0.270 e. The van der Waals surface area contributed by atoms with Gasteiger partial charge in [-0.25, -0.2) is 4.98 Å². The van der Waals surface area contributed by atoms with E-state index in [0.29, 0.717) is 12.2 Å². The molecule has 2 heterocycles. The van der Waals surface area contributed by atoms with Gasteiger partial charge in [0.2, 0.25) is 0 Å². The lowest BCUT2D eigenvalue weighted by atomic mass is 9.87. The molecule has 0 atom stereocenters. The van der Waals surface area contributed by atoms with Gasteiger partial charge in [0.15, 0.2) is 0 Å². The second kappa shape index (κ2) is 6.94. The van der Waals surface area contributed by atoms with Crippen molar-refractivity contribution in [2.24, 2.45) is 0 Å². The van der Waals surface area contributed by atoms with E-state index in [1.165, 1.54) is 5.56 Å². The first-order valence-corrected chi connectivity index (χ1v) is 9.15. The summed E-state index contributed by atoms with van der Waals surface area (Å²) >= 11 is 0. The summed E-state index contributed by atoms with van der Waals surface area (Å²) in [5, 5.41) is 3.05. The largest absolute Gasteiger partial charge is 0.347 e. The molecule has 136 valence electrons. The first-order valence-electron chi connectivity index (χ1n) is 9.15. The van der Waals surface area contributed by atoms with Gasteiger partial charge >= 0.3 is 0 Å². The third-order valence-electron chi connectivity index (χ3n) is 4.66. The van der Waals surface area contributed by atoms with Gasteiger partial charge in [-0.15, -0.1) is 0 Å². The molecule has 0 bridgehead atoms. The van der Waals surface area contributed by atoms with Gasteiger partial charge in [-0.3, -0.25) is 9.20 Å². The van der Waals surface area contributed by atoms with Crippen LogP contribution in [0.5, 0.6) is 0 Å². The topological polar surface area (TPSA) is 46.4 Å². The van der Waals surface area contributed by atoms with Crippen LogP contribution in [-0.4, -0.2) is 15.3 Å². The number of pyridine rings is 1. The summed E-state index contributed by atoms with van der Waals surface area (Å²) in [5.41, 5.74) is 5.89. The highest BCUT2D eigenvalue weighted by atomic mass is 16.1. The number of aromatic nitrogens is 2. The molecular weight excluding hydrogens is 322 g/mol. The van der Waals surface area contributed by atoms with Crippen molar-refractivity contribution in [1.82, 2.24) is 14.7 Å². The van der Waals surface area contributed by atoms with Crippen LogP contribution < -0.4 is 5.32 Å². The Bertz CT molecular complexity index is 930. The third-order valence-corrected chi connectivity index (χ3v) is 4.66. The second-order valence-corrected chi connectivity index (χ2v) is 7.82. The number of amides is 1. The second-order valence-electron chi connectivity index (χ2n) is 7.82. The van der Waals surface area contributed by atoms with E-state index < -0.39 is 0 Å². The van der Waals surface area contributed by atoms with Gasteiger partial charge in [0.05, 0.1) is 5.69 Å². The zero-order chi connectivity index (χ0) is 18.9. The van der Waals surface area contributed by atoms with Crippen LogP contribution in [0.3, 0.4) is 0 Å². The number of hydrogen-bond acceptors (Lipinski definition) is 2. The lowest BCUT2D eigenvalue weighted by molar-refractivity contribution is 0.0944. The van der Waals surface area contributed by atoms with Crippen LogP contribution in [0.4, 0.5) is 0 Å². The highest BCUT2D eigenvalue weighted by molar-refractivity contribution is 5.94. The molecule has 4 nitrogen and oxygen atoms in total. The molecule has 1 N–H and O–H groups in total. The quantitative estimate of drug-likeness (QED) is 0.757. The molecule has 1 amide bonds. The van der Waals surface area contributed by atoms with Crippen molar-refractivity contribution >= 4 is 11.6 Å². The summed E-state index contributed by atoms with van der Waals surface area (Å²) in [6.45, 7) is 11.1. The number of imidazole rings is 1. The zero-order valence-corrected chi connectivity index (χ0v) is 16.3. The van der Waals surface area contributed by atoms with Crippen LogP contribution >= 0.6 is 0 Å². The van der Waals surface area contributed by atoms with Gasteiger partial charge in [0.25, 0.3) is 5.91 Å². The molecule has 4 heteroatoms. The van der Waals surface area contributed by atoms with Gasteiger partial charge in [0.1, 0.15) is 11.3 Å². The SMILES string of the molecule is CCc1nc2ccc(C)cn2c1C(=O)NCc1ccc(C(C)(C)C)cc1. The Kier molecular flexibility index (Phi) is 4.86. The number of carbonyl (C=O) groups is 1. The number of benzene rings is 1. The maximum atomic E-state index is 12.8. The fourth-order valence-corrected chi connectivity index (χ4v) is 3.08. The molecule has 0 spiro atoms. The minimum absolute atomic E-state index is 0.0835. The van der Waals surface area contributed by atoms with Crippen molar-refractivity contribution in [3.63, 3.8) is 0 Å². The molecule has 0 saturated carbocycles. The molecule has 26 heavy (non-hydrogen) atoms. The third kappa shape index (κ3) is 3.64. The Morgan fingerprint density at radius 2 is 1.81 bits per heavy atom. The summed E-state index contributed by atoms with van der Waals surface area (Å²) < 4.78 is 1.90. The molecule has 0 aliphatic rings.